The number of thiazole rings is 1. The third kappa shape index (κ3) is 5.48. The van der Waals surface area contributed by atoms with Gasteiger partial charge in [0, 0.05) is 37.2 Å². The van der Waals surface area contributed by atoms with E-state index in [1.54, 1.807) is 25.3 Å². The van der Waals surface area contributed by atoms with Gasteiger partial charge in [0.1, 0.15) is 21.8 Å². The van der Waals surface area contributed by atoms with E-state index in [0.717, 1.165) is 17.5 Å². The number of ether oxygens (including phenoxy) is 2. The van der Waals surface area contributed by atoms with Crippen molar-refractivity contribution in [2.24, 2.45) is 0 Å². The Hall–Kier alpha value is -2.34. The van der Waals surface area contributed by atoms with Crippen molar-refractivity contribution >= 4 is 38.6 Å². The summed E-state index contributed by atoms with van der Waals surface area (Å²) in [4.78, 5) is 19.4. The maximum absolute atomic E-state index is 13.5. The lowest BCUT2D eigenvalue weighted by Crippen LogP contribution is -2.48. The largest absolute Gasteiger partial charge is 0.573 e. The van der Waals surface area contributed by atoms with Crippen LogP contribution in [0.15, 0.2) is 47.4 Å². The summed E-state index contributed by atoms with van der Waals surface area (Å²) in [5, 5.41) is 0.619. The molecule has 0 amide bonds. The highest BCUT2D eigenvalue weighted by atomic mass is 32.2. The van der Waals surface area contributed by atoms with Gasteiger partial charge in [0.2, 0.25) is 0 Å². The van der Waals surface area contributed by atoms with Crippen molar-refractivity contribution in [3.05, 3.63) is 42.5 Å². The summed E-state index contributed by atoms with van der Waals surface area (Å²) in [5.41, 5.74) is 1.33. The lowest BCUT2D eigenvalue weighted by Gasteiger charge is -2.37. The molecule has 0 spiro atoms. The Morgan fingerprint density at radius 1 is 1.18 bits per heavy atom. The number of aromatic nitrogens is 1. The molecule has 2 heterocycles. The number of benzene rings is 2. The molecule has 4 rings (SSSR count). The lowest BCUT2D eigenvalue weighted by molar-refractivity contribution is -0.274. The van der Waals surface area contributed by atoms with Gasteiger partial charge in [0.05, 0.1) is 27.6 Å². The minimum atomic E-state index is -4.75. The van der Waals surface area contributed by atoms with Crippen molar-refractivity contribution in [3.8, 4) is 16.3 Å². The Morgan fingerprint density at radius 2 is 1.88 bits per heavy atom. The first kappa shape index (κ1) is 24.8. The first-order valence-electron chi connectivity index (χ1n) is 10.6. The summed E-state index contributed by atoms with van der Waals surface area (Å²) in [6.07, 6.45) is -2.90. The van der Waals surface area contributed by atoms with E-state index < -0.39 is 21.9 Å². The summed E-state index contributed by atoms with van der Waals surface area (Å²) in [6, 6.07) is 10.8. The van der Waals surface area contributed by atoms with Crippen molar-refractivity contribution in [2.45, 2.75) is 28.8 Å². The minimum absolute atomic E-state index is 0.303. The van der Waals surface area contributed by atoms with Crippen LogP contribution in [0.2, 0.25) is 0 Å². The Bertz CT molecular complexity index is 1170. The fraction of sp³-hybridized carbons (Fsp3) is 0.391. The van der Waals surface area contributed by atoms with Gasteiger partial charge in [0.25, 0.3) is 0 Å². The summed E-state index contributed by atoms with van der Waals surface area (Å²) in [6.45, 7) is 2.74. The molecule has 1 unspecified atom stereocenters. The fourth-order valence-corrected chi connectivity index (χ4v) is 6.51. The van der Waals surface area contributed by atoms with E-state index >= 15 is 0 Å². The monoisotopic (exact) mass is 512 g/mol. The number of halogens is 3. The smallest absolute Gasteiger partial charge is 0.406 e. The molecule has 1 aliphatic heterocycles. The summed E-state index contributed by atoms with van der Waals surface area (Å²) in [5.74, 6) is -0.303. The molecule has 1 saturated heterocycles. The predicted octanol–water partition coefficient (Wildman–Crippen LogP) is 4.65. The summed E-state index contributed by atoms with van der Waals surface area (Å²) < 4.78 is 59.5. The number of piperidine rings is 1. The summed E-state index contributed by atoms with van der Waals surface area (Å²) >= 11 is 1.34. The van der Waals surface area contributed by atoms with Crippen LogP contribution in [0, 0.1) is 0 Å². The molecule has 11 heteroatoms. The maximum Gasteiger partial charge on any atom is 0.573 e. The van der Waals surface area contributed by atoms with Crippen LogP contribution in [0.5, 0.6) is 5.75 Å². The number of fused-ring (bicyclic) bond motifs is 1. The maximum atomic E-state index is 13.5. The molecule has 1 aliphatic rings. The Labute approximate surface area is 201 Å². The zero-order valence-electron chi connectivity index (χ0n) is 18.3. The Balaban J connectivity index is 1.53. The van der Waals surface area contributed by atoms with Crippen molar-refractivity contribution in [3.63, 3.8) is 0 Å². The van der Waals surface area contributed by atoms with Crippen LogP contribution in [-0.2, 0) is 20.3 Å². The molecular formula is C23H23F3N2O4S2. The molecule has 34 heavy (non-hydrogen) atoms. The van der Waals surface area contributed by atoms with Crippen LogP contribution in [0.25, 0.3) is 20.8 Å². The van der Waals surface area contributed by atoms with Crippen molar-refractivity contribution in [1.82, 2.24) is 9.88 Å². The highest BCUT2D eigenvalue weighted by Gasteiger charge is 2.41. The van der Waals surface area contributed by atoms with E-state index in [4.69, 9.17) is 4.74 Å². The van der Waals surface area contributed by atoms with Crippen LogP contribution in [-0.4, -0.2) is 64.8 Å². The van der Waals surface area contributed by atoms with Crippen LogP contribution in [0.1, 0.15) is 12.8 Å². The number of methoxy groups -OCH3 is 1. The van der Waals surface area contributed by atoms with Crippen LogP contribution in [0.3, 0.4) is 0 Å². The number of aldehydes is 1. The molecule has 3 aromatic rings. The molecule has 1 aromatic heterocycles. The third-order valence-corrected chi connectivity index (χ3v) is 8.80. The Morgan fingerprint density at radius 3 is 2.50 bits per heavy atom. The number of hydrogen-bond acceptors (Lipinski definition) is 7. The average molecular weight is 513 g/mol. The normalized spacial score (nSPS) is 17.5. The number of alkyl halides is 3. The zero-order valence-corrected chi connectivity index (χ0v) is 20.0. The van der Waals surface area contributed by atoms with E-state index in [2.05, 4.69) is 14.6 Å². The van der Waals surface area contributed by atoms with Gasteiger partial charge in [-0.15, -0.1) is 24.5 Å². The van der Waals surface area contributed by atoms with Gasteiger partial charge >= 0.3 is 6.36 Å². The molecule has 0 saturated carbocycles. The molecule has 0 aliphatic carbocycles. The van der Waals surface area contributed by atoms with Crippen LogP contribution in [0.4, 0.5) is 13.2 Å². The molecule has 0 radical (unpaired) electrons. The number of hydrogen-bond donors (Lipinski definition) is 0. The van der Waals surface area contributed by atoms with E-state index in [1.165, 1.54) is 35.6 Å². The fourth-order valence-electron chi connectivity index (χ4n) is 3.90. The Kier molecular flexibility index (Phi) is 7.36. The predicted molar refractivity (Wildman–Crippen MR) is 124 cm³/mol. The van der Waals surface area contributed by atoms with Gasteiger partial charge in [-0.25, -0.2) is 4.98 Å². The SMILES string of the molecule is COCCN1CCC(C=O)(S(=O)c2ccc3nc(-c4ccc(OC(F)(F)F)cc4)sc3c2)CC1. The molecule has 0 bridgehead atoms. The number of carbonyl (C=O) groups is 1. The summed E-state index contributed by atoms with van der Waals surface area (Å²) in [7, 11) is 0.122. The number of carbonyl (C=O) groups excluding carboxylic acids is 1. The van der Waals surface area contributed by atoms with E-state index in [-0.39, 0.29) is 5.75 Å². The average Bonchev–Trinajstić information content (AvgIpc) is 3.25. The minimum Gasteiger partial charge on any atom is -0.406 e. The van der Waals surface area contributed by atoms with Gasteiger partial charge in [-0.2, -0.15) is 0 Å². The molecule has 6 nitrogen and oxygen atoms in total. The molecule has 1 fully saturated rings. The number of likely N-dealkylation sites (tertiary alicyclic amines) is 1. The molecule has 2 aromatic carbocycles. The highest BCUT2D eigenvalue weighted by molar-refractivity contribution is 7.87. The van der Waals surface area contributed by atoms with Crippen molar-refractivity contribution in [1.29, 1.82) is 0 Å². The topological polar surface area (TPSA) is 68.7 Å². The van der Waals surface area contributed by atoms with Crippen LogP contribution >= 0.6 is 11.3 Å². The second kappa shape index (κ2) is 10.1. The van der Waals surface area contributed by atoms with Gasteiger partial charge in [0.15, 0.2) is 0 Å². The zero-order chi connectivity index (χ0) is 24.3. The van der Waals surface area contributed by atoms with E-state index in [0.29, 0.717) is 53.5 Å². The van der Waals surface area contributed by atoms with Gasteiger partial charge in [-0.1, -0.05) is 0 Å². The van der Waals surface area contributed by atoms with Crippen LogP contribution < -0.4 is 4.74 Å². The third-order valence-electron chi connectivity index (χ3n) is 5.81. The van der Waals surface area contributed by atoms with Gasteiger partial charge < -0.3 is 19.2 Å². The number of nitrogens with zero attached hydrogens (tertiary/aromatic N) is 2. The quantitative estimate of drug-likeness (QED) is 0.410. The van der Waals surface area contributed by atoms with Gasteiger partial charge in [-0.3, -0.25) is 4.21 Å². The van der Waals surface area contributed by atoms with E-state index in [1.807, 2.05) is 0 Å². The van der Waals surface area contributed by atoms with Crippen molar-refractivity contribution < 1.29 is 31.6 Å². The van der Waals surface area contributed by atoms with E-state index in [9.17, 15) is 22.2 Å². The van der Waals surface area contributed by atoms with Gasteiger partial charge in [-0.05, 0) is 55.3 Å². The van der Waals surface area contributed by atoms with Crippen molar-refractivity contribution in [2.75, 3.05) is 33.4 Å². The second-order valence-corrected chi connectivity index (χ2v) is 10.9. The molecular weight excluding hydrogens is 489 g/mol. The first-order chi connectivity index (χ1) is 16.2. The number of rotatable bonds is 8. The standard InChI is InChI=1S/C23H23F3N2O4S2/c1-31-13-12-28-10-8-22(15-29,9-11-28)34(30)18-6-7-19-20(14-18)33-21(27-19)16-2-4-17(5-3-16)32-23(24,25)26/h2-7,14-15H,8-13H2,1H3. The molecule has 182 valence electrons. The highest BCUT2D eigenvalue weighted by Crippen LogP contribution is 2.36. The first-order valence-corrected chi connectivity index (χ1v) is 12.6. The second-order valence-electron chi connectivity index (χ2n) is 8.01. The molecule has 0 N–H and O–H groups in total. The molecule has 1 atom stereocenters. The lowest BCUT2D eigenvalue weighted by atomic mass is 9.97.